The van der Waals surface area contributed by atoms with Crippen LogP contribution in [-0.2, 0) is 20.8 Å². The van der Waals surface area contributed by atoms with Gasteiger partial charge in [-0.05, 0) is 17.9 Å². The summed E-state index contributed by atoms with van der Waals surface area (Å²) in [5.74, 6) is 0.400. The Morgan fingerprint density at radius 3 is 2.29 bits per heavy atom. The predicted octanol–water partition coefficient (Wildman–Crippen LogP) is 2.95. The molecule has 0 saturated carbocycles. The van der Waals surface area contributed by atoms with Gasteiger partial charge in [-0.25, -0.2) is 4.79 Å². The van der Waals surface area contributed by atoms with Gasteiger partial charge in [0, 0.05) is 14.2 Å². The Labute approximate surface area is 126 Å². The van der Waals surface area contributed by atoms with Crippen molar-refractivity contribution in [3.05, 3.63) is 35.9 Å². The van der Waals surface area contributed by atoms with Crippen molar-refractivity contribution in [1.82, 2.24) is 5.32 Å². The molecule has 0 aliphatic carbocycles. The van der Waals surface area contributed by atoms with Crippen molar-refractivity contribution in [3.8, 4) is 0 Å². The molecule has 1 atom stereocenters. The number of alkyl carbamates (subject to hydrolysis) is 1. The minimum atomic E-state index is -0.489. The average Bonchev–Trinajstić information content (AvgIpc) is 2.47. The quantitative estimate of drug-likeness (QED) is 0.749. The lowest BCUT2D eigenvalue weighted by Crippen LogP contribution is -2.46. The highest BCUT2D eigenvalue weighted by atomic mass is 16.7. The second-order valence-corrected chi connectivity index (χ2v) is 5.28. The number of methoxy groups -OCH3 is 2. The second-order valence-electron chi connectivity index (χ2n) is 5.28. The standard InChI is InChI=1S/C16H25NO4/c1-12(2)10-14(15(19-3)20-4)17-16(18)21-11-13-8-6-5-7-9-13/h5-9,12,14-15H,10-11H2,1-4H3,(H,17,18). The van der Waals surface area contributed by atoms with Crippen LogP contribution in [0.1, 0.15) is 25.8 Å². The number of hydrogen-bond acceptors (Lipinski definition) is 4. The third-order valence-electron chi connectivity index (χ3n) is 3.03. The third kappa shape index (κ3) is 6.60. The van der Waals surface area contributed by atoms with Crippen LogP contribution in [0.3, 0.4) is 0 Å². The van der Waals surface area contributed by atoms with E-state index in [4.69, 9.17) is 14.2 Å². The van der Waals surface area contributed by atoms with Crippen LogP contribution in [0, 0.1) is 5.92 Å². The van der Waals surface area contributed by atoms with E-state index in [9.17, 15) is 4.79 Å². The van der Waals surface area contributed by atoms with Crippen LogP contribution in [0.2, 0.25) is 0 Å². The van der Waals surface area contributed by atoms with Gasteiger partial charge in [-0.2, -0.15) is 0 Å². The molecule has 1 aromatic carbocycles. The molecule has 0 bridgehead atoms. The van der Waals surface area contributed by atoms with E-state index in [-0.39, 0.29) is 12.6 Å². The lowest BCUT2D eigenvalue weighted by molar-refractivity contribution is -0.124. The minimum Gasteiger partial charge on any atom is -0.445 e. The maximum Gasteiger partial charge on any atom is 0.407 e. The number of nitrogens with one attached hydrogen (secondary N) is 1. The van der Waals surface area contributed by atoms with Crippen molar-refractivity contribution in [1.29, 1.82) is 0 Å². The molecule has 5 nitrogen and oxygen atoms in total. The summed E-state index contributed by atoms with van der Waals surface area (Å²) in [4.78, 5) is 11.9. The molecule has 0 saturated heterocycles. The van der Waals surface area contributed by atoms with Crippen molar-refractivity contribution in [3.63, 3.8) is 0 Å². The van der Waals surface area contributed by atoms with E-state index in [1.807, 2.05) is 30.3 Å². The molecule has 0 aromatic heterocycles. The van der Waals surface area contributed by atoms with Gasteiger partial charge in [-0.1, -0.05) is 44.2 Å². The van der Waals surface area contributed by atoms with Crippen LogP contribution in [0.15, 0.2) is 30.3 Å². The maximum atomic E-state index is 11.9. The van der Waals surface area contributed by atoms with E-state index in [2.05, 4.69) is 19.2 Å². The normalized spacial score (nSPS) is 12.5. The van der Waals surface area contributed by atoms with Gasteiger partial charge >= 0.3 is 6.09 Å². The van der Waals surface area contributed by atoms with Gasteiger partial charge < -0.3 is 19.5 Å². The molecular formula is C16H25NO4. The maximum absolute atomic E-state index is 11.9. The summed E-state index contributed by atoms with van der Waals surface area (Å²) < 4.78 is 15.7. The molecule has 0 spiro atoms. The van der Waals surface area contributed by atoms with Gasteiger partial charge in [0.1, 0.15) is 6.61 Å². The number of carbonyl (C=O) groups excluding carboxylic acids is 1. The number of rotatable bonds is 8. The van der Waals surface area contributed by atoms with Crippen LogP contribution in [0.25, 0.3) is 0 Å². The topological polar surface area (TPSA) is 56.8 Å². The Bertz CT molecular complexity index is 404. The minimum absolute atomic E-state index is 0.242. The first kappa shape index (κ1) is 17.5. The Balaban J connectivity index is 2.51. The van der Waals surface area contributed by atoms with Crippen molar-refractivity contribution in [2.75, 3.05) is 14.2 Å². The fourth-order valence-electron chi connectivity index (χ4n) is 2.09. The Morgan fingerprint density at radius 2 is 1.76 bits per heavy atom. The van der Waals surface area contributed by atoms with Gasteiger partial charge in [-0.3, -0.25) is 0 Å². The summed E-state index contributed by atoms with van der Waals surface area (Å²) >= 11 is 0. The van der Waals surface area contributed by atoms with Crippen molar-refractivity contribution < 1.29 is 19.0 Å². The zero-order valence-electron chi connectivity index (χ0n) is 13.2. The number of benzene rings is 1. The summed E-state index contributed by atoms with van der Waals surface area (Å²) in [6.45, 7) is 4.39. The molecule has 21 heavy (non-hydrogen) atoms. The first-order valence-electron chi connectivity index (χ1n) is 7.09. The predicted molar refractivity (Wildman–Crippen MR) is 80.8 cm³/mol. The highest BCUT2D eigenvalue weighted by Crippen LogP contribution is 2.12. The number of hydrogen-bond donors (Lipinski definition) is 1. The highest BCUT2D eigenvalue weighted by Gasteiger charge is 2.24. The fraction of sp³-hybridized carbons (Fsp3) is 0.562. The van der Waals surface area contributed by atoms with Crippen LogP contribution in [0.4, 0.5) is 4.79 Å². The molecule has 5 heteroatoms. The van der Waals surface area contributed by atoms with Crippen molar-refractivity contribution in [2.45, 2.75) is 39.2 Å². The third-order valence-corrected chi connectivity index (χ3v) is 3.03. The van der Waals surface area contributed by atoms with E-state index < -0.39 is 12.4 Å². The molecule has 1 N–H and O–H groups in total. The summed E-state index contributed by atoms with van der Waals surface area (Å²) in [5.41, 5.74) is 0.947. The van der Waals surface area contributed by atoms with Crippen molar-refractivity contribution in [2.24, 2.45) is 5.92 Å². The first-order valence-corrected chi connectivity index (χ1v) is 7.09. The molecule has 0 heterocycles. The van der Waals surface area contributed by atoms with Crippen molar-refractivity contribution >= 4 is 6.09 Å². The number of carbonyl (C=O) groups is 1. The molecule has 1 unspecified atom stereocenters. The second kappa shape index (κ2) is 9.37. The zero-order chi connectivity index (χ0) is 15.7. The zero-order valence-corrected chi connectivity index (χ0v) is 13.2. The monoisotopic (exact) mass is 295 g/mol. The Morgan fingerprint density at radius 1 is 1.14 bits per heavy atom. The molecule has 0 aliphatic heterocycles. The lowest BCUT2D eigenvalue weighted by atomic mass is 10.0. The van der Waals surface area contributed by atoms with Gasteiger partial charge in [0.05, 0.1) is 6.04 Å². The van der Waals surface area contributed by atoms with Gasteiger partial charge in [0.2, 0.25) is 0 Å². The van der Waals surface area contributed by atoms with E-state index in [0.29, 0.717) is 5.92 Å². The van der Waals surface area contributed by atoms with E-state index in [1.165, 1.54) is 0 Å². The SMILES string of the molecule is COC(OC)C(CC(C)C)NC(=O)OCc1ccccc1. The van der Waals surface area contributed by atoms with Crippen LogP contribution >= 0.6 is 0 Å². The molecule has 1 aromatic rings. The smallest absolute Gasteiger partial charge is 0.407 e. The molecular weight excluding hydrogens is 270 g/mol. The van der Waals surface area contributed by atoms with Crippen LogP contribution < -0.4 is 5.32 Å². The van der Waals surface area contributed by atoms with Gasteiger partial charge in [-0.15, -0.1) is 0 Å². The largest absolute Gasteiger partial charge is 0.445 e. The van der Waals surface area contributed by atoms with Gasteiger partial charge in [0.25, 0.3) is 0 Å². The molecule has 0 fully saturated rings. The van der Waals surface area contributed by atoms with Crippen LogP contribution in [0.5, 0.6) is 0 Å². The summed E-state index contributed by atoms with van der Waals surface area (Å²) in [5, 5.41) is 2.81. The van der Waals surface area contributed by atoms with Gasteiger partial charge in [0.15, 0.2) is 6.29 Å². The fourth-order valence-corrected chi connectivity index (χ4v) is 2.09. The highest BCUT2D eigenvalue weighted by molar-refractivity contribution is 5.67. The first-order chi connectivity index (χ1) is 10.1. The summed E-state index contributed by atoms with van der Waals surface area (Å²) in [6.07, 6.45) is -0.215. The molecule has 0 radical (unpaired) electrons. The van der Waals surface area contributed by atoms with E-state index in [1.54, 1.807) is 14.2 Å². The molecule has 1 rings (SSSR count). The Hall–Kier alpha value is -1.59. The molecule has 0 aliphatic rings. The van der Waals surface area contributed by atoms with E-state index >= 15 is 0 Å². The number of amides is 1. The Kier molecular flexibility index (Phi) is 7.79. The average molecular weight is 295 g/mol. The summed E-state index contributed by atoms with van der Waals surface area (Å²) in [6, 6.07) is 9.30. The lowest BCUT2D eigenvalue weighted by Gasteiger charge is -2.26. The van der Waals surface area contributed by atoms with Crippen LogP contribution in [-0.4, -0.2) is 32.6 Å². The van der Waals surface area contributed by atoms with E-state index in [0.717, 1.165) is 12.0 Å². The number of ether oxygens (including phenoxy) is 3. The molecule has 118 valence electrons. The molecule has 1 amide bonds. The summed E-state index contributed by atoms with van der Waals surface area (Å²) in [7, 11) is 3.11.